The lowest BCUT2D eigenvalue weighted by atomic mass is 9.98. The van der Waals surface area contributed by atoms with Gasteiger partial charge in [0.25, 0.3) is 0 Å². The molecule has 0 amide bonds. The lowest BCUT2D eigenvalue weighted by Gasteiger charge is -2.10. The maximum Gasteiger partial charge on any atom is 0.306 e. The molecule has 1 unspecified atom stereocenters. The smallest absolute Gasteiger partial charge is 0.306 e. The zero-order valence-electron chi connectivity index (χ0n) is 9.00. The molecule has 0 aliphatic rings. The van der Waals surface area contributed by atoms with Gasteiger partial charge in [-0.2, -0.15) is 0 Å². The predicted octanol–water partition coefficient (Wildman–Crippen LogP) is 2.88. The van der Waals surface area contributed by atoms with Crippen molar-refractivity contribution in [2.75, 3.05) is 6.61 Å². The second-order valence-electron chi connectivity index (χ2n) is 3.46. The van der Waals surface area contributed by atoms with Gasteiger partial charge in [0.1, 0.15) is 5.82 Å². The number of esters is 1. The molecule has 2 nitrogen and oxygen atoms in total. The van der Waals surface area contributed by atoms with Crippen LogP contribution in [0.25, 0.3) is 0 Å². The zero-order valence-corrected chi connectivity index (χ0v) is 9.00. The van der Waals surface area contributed by atoms with Crippen LogP contribution in [0.15, 0.2) is 24.3 Å². The van der Waals surface area contributed by atoms with Crippen LogP contribution < -0.4 is 0 Å². The lowest BCUT2D eigenvalue weighted by Crippen LogP contribution is -2.08. The van der Waals surface area contributed by atoms with Gasteiger partial charge in [-0.1, -0.05) is 19.1 Å². The molecule has 0 spiro atoms. The number of hydrogen-bond acceptors (Lipinski definition) is 2. The minimum absolute atomic E-state index is 0.0599. The molecule has 0 aromatic heterocycles. The van der Waals surface area contributed by atoms with E-state index in [9.17, 15) is 9.18 Å². The van der Waals surface area contributed by atoms with Crippen molar-refractivity contribution in [3.63, 3.8) is 0 Å². The van der Waals surface area contributed by atoms with Crippen molar-refractivity contribution in [2.24, 2.45) is 0 Å². The van der Waals surface area contributed by atoms with E-state index in [1.54, 1.807) is 19.1 Å². The molecule has 3 heteroatoms. The molecule has 0 radical (unpaired) electrons. The van der Waals surface area contributed by atoms with E-state index in [1.807, 2.05) is 6.92 Å². The van der Waals surface area contributed by atoms with Crippen LogP contribution in [0.1, 0.15) is 31.7 Å². The van der Waals surface area contributed by atoms with Crippen LogP contribution in [0.5, 0.6) is 0 Å². The normalized spacial score (nSPS) is 12.2. The molecular formula is C12H15FO2. The third kappa shape index (κ3) is 3.70. The van der Waals surface area contributed by atoms with Crippen molar-refractivity contribution in [3.05, 3.63) is 35.6 Å². The second-order valence-corrected chi connectivity index (χ2v) is 3.46. The van der Waals surface area contributed by atoms with E-state index >= 15 is 0 Å². The van der Waals surface area contributed by atoms with Crippen molar-refractivity contribution in [3.8, 4) is 0 Å². The first-order chi connectivity index (χ1) is 7.13. The van der Waals surface area contributed by atoms with E-state index < -0.39 is 0 Å². The van der Waals surface area contributed by atoms with Gasteiger partial charge < -0.3 is 4.74 Å². The molecule has 1 atom stereocenters. The fraction of sp³-hybridized carbons (Fsp3) is 0.417. The Kier molecular flexibility index (Phi) is 4.28. The number of benzene rings is 1. The van der Waals surface area contributed by atoms with E-state index in [4.69, 9.17) is 4.74 Å². The lowest BCUT2D eigenvalue weighted by molar-refractivity contribution is -0.143. The minimum Gasteiger partial charge on any atom is -0.466 e. The molecule has 0 saturated heterocycles. The third-order valence-electron chi connectivity index (χ3n) is 2.22. The standard InChI is InChI=1S/C12H15FO2/c1-3-15-12(14)8-9(2)10-4-6-11(13)7-5-10/h4-7,9H,3,8H2,1-2H3. The highest BCUT2D eigenvalue weighted by Gasteiger charge is 2.11. The van der Waals surface area contributed by atoms with Gasteiger partial charge in [-0.05, 0) is 30.5 Å². The number of ether oxygens (including phenoxy) is 1. The molecule has 0 heterocycles. The molecule has 1 aromatic rings. The van der Waals surface area contributed by atoms with Crippen molar-refractivity contribution in [1.29, 1.82) is 0 Å². The maximum absolute atomic E-state index is 12.6. The summed E-state index contributed by atoms with van der Waals surface area (Å²) in [5.74, 6) is -0.416. The van der Waals surface area contributed by atoms with Crippen LogP contribution in [0.3, 0.4) is 0 Å². The molecule has 82 valence electrons. The summed E-state index contributed by atoms with van der Waals surface area (Å²) in [6.45, 7) is 4.10. The van der Waals surface area contributed by atoms with Gasteiger partial charge >= 0.3 is 5.97 Å². The first kappa shape index (κ1) is 11.7. The minimum atomic E-state index is -0.262. The monoisotopic (exact) mass is 210 g/mol. The summed E-state index contributed by atoms with van der Waals surface area (Å²) in [6, 6.07) is 6.19. The Hall–Kier alpha value is -1.38. The summed E-state index contributed by atoms with van der Waals surface area (Å²) in [5.41, 5.74) is 0.949. The molecule has 15 heavy (non-hydrogen) atoms. The Balaban J connectivity index is 2.57. The van der Waals surface area contributed by atoms with Crippen LogP contribution in [-0.4, -0.2) is 12.6 Å². The van der Waals surface area contributed by atoms with E-state index in [0.717, 1.165) is 5.56 Å². The molecular weight excluding hydrogens is 195 g/mol. The summed E-state index contributed by atoms with van der Waals surface area (Å²) < 4.78 is 17.5. The molecule has 0 aliphatic carbocycles. The molecule has 0 bridgehead atoms. The van der Waals surface area contributed by atoms with Crippen molar-refractivity contribution < 1.29 is 13.9 Å². The largest absolute Gasteiger partial charge is 0.466 e. The van der Waals surface area contributed by atoms with Crippen molar-refractivity contribution >= 4 is 5.97 Å². The number of hydrogen-bond donors (Lipinski definition) is 0. The van der Waals surface area contributed by atoms with E-state index in [2.05, 4.69) is 0 Å². The highest BCUT2D eigenvalue weighted by molar-refractivity contribution is 5.70. The predicted molar refractivity (Wildman–Crippen MR) is 56.1 cm³/mol. The van der Waals surface area contributed by atoms with Crippen LogP contribution >= 0.6 is 0 Å². The van der Waals surface area contributed by atoms with Crippen molar-refractivity contribution in [2.45, 2.75) is 26.2 Å². The van der Waals surface area contributed by atoms with Crippen molar-refractivity contribution in [1.82, 2.24) is 0 Å². The van der Waals surface area contributed by atoms with Gasteiger partial charge in [0.2, 0.25) is 0 Å². The number of rotatable bonds is 4. The number of halogens is 1. The molecule has 1 aromatic carbocycles. The summed E-state index contributed by atoms with van der Waals surface area (Å²) >= 11 is 0. The SMILES string of the molecule is CCOC(=O)CC(C)c1ccc(F)cc1. The Labute approximate surface area is 89.1 Å². The quantitative estimate of drug-likeness (QED) is 0.714. The van der Waals surface area contributed by atoms with E-state index in [1.165, 1.54) is 12.1 Å². The fourth-order valence-electron chi connectivity index (χ4n) is 1.38. The second kappa shape index (κ2) is 5.49. The van der Waals surface area contributed by atoms with Gasteiger partial charge in [-0.3, -0.25) is 4.79 Å². The summed E-state index contributed by atoms with van der Waals surface area (Å²) in [4.78, 5) is 11.2. The molecule has 0 fully saturated rings. The summed E-state index contributed by atoms with van der Waals surface area (Å²) in [7, 11) is 0. The third-order valence-corrected chi connectivity index (χ3v) is 2.22. The Morgan fingerprint density at radius 1 is 1.40 bits per heavy atom. The molecule has 0 aliphatic heterocycles. The molecule has 1 rings (SSSR count). The highest BCUT2D eigenvalue weighted by atomic mass is 19.1. The first-order valence-corrected chi connectivity index (χ1v) is 5.04. The van der Waals surface area contributed by atoms with Gasteiger partial charge in [0.05, 0.1) is 13.0 Å². The first-order valence-electron chi connectivity index (χ1n) is 5.04. The van der Waals surface area contributed by atoms with E-state index in [0.29, 0.717) is 13.0 Å². The Bertz CT molecular complexity index is 319. The fourth-order valence-corrected chi connectivity index (χ4v) is 1.38. The van der Waals surface area contributed by atoms with Crippen LogP contribution in [0.2, 0.25) is 0 Å². The number of carbonyl (C=O) groups excluding carboxylic acids is 1. The maximum atomic E-state index is 12.6. The molecule has 0 saturated carbocycles. The van der Waals surface area contributed by atoms with Gasteiger partial charge in [0.15, 0.2) is 0 Å². The van der Waals surface area contributed by atoms with Gasteiger partial charge in [0, 0.05) is 0 Å². The van der Waals surface area contributed by atoms with Gasteiger partial charge in [-0.25, -0.2) is 4.39 Å². The average Bonchev–Trinajstić information content (AvgIpc) is 2.18. The Morgan fingerprint density at radius 2 is 2.00 bits per heavy atom. The summed E-state index contributed by atoms with van der Waals surface area (Å²) in [6.07, 6.45) is 0.333. The van der Waals surface area contributed by atoms with Crippen LogP contribution in [0.4, 0.5) is 4.39 Å². The van der Waals surface area contributed by atoms with Crippen LogP contribution in [-0.2, 0) is 9.53 Å². The topological polar surface area (TPSA) is 26.3 Å². The molecule has 0 N–H and O–H groups in total. The van der Waals surface area contributed by atoms with Crippen LogP contribution in [0, 0.1) is 5.82 Å². The Morgan fingerprint density at radius 3 is 2.53 bits per heavy atom. The van der Waals surface area contributed by atoms with Gasteiger partial charge in [-0.15, -0.1) is 0 Å². The average molecular weight is 210 g/mol. The zero-order chi connectivity index (χ0) is 11.3. The van der Waals surface area contributed by atoms with E-state index in [-0.39, 0.29) is 17.7 Å². The number of carbonyl (C=O) groups is 1. The highest BCUT2D eigenvalue weighted by Crippen LogP contribution is 2.19. The summed E-state index contributed by atoms with van der Waals surface area (Å²) in [5, 5.41) is 0.